The highest BCUT2D eigenvalue weighted by atomic mass is 16.6. The molecule has 3 rings (SSSR count). The monoisotopic (exact) mass is 368 g/mol. The first-order valence-corrected chi connectivity index (χ1v) is 8.72. The summed E-state index contributed by atoms with van der Waals surface area (Å²) in [5.41, 5.74) is 0.695. The summed E-state index contributed by atoms with van der Waals surface area (Å²) in [5.74, 6) is -0.167. The van der Waals surface area contributed by atoms with Crippen LogP contribution in [0, 0.1) is 16.0 Å². The Balaban J connectivity index is 1.67. The zero-order valence-electron chi connectivity index (χ0n) is 15.0. The molecule has 1 aliphatic heterocycles. The second kappa shape index (κ2) is 7.99. The number of nitro groups is 1. The van der Waals surface area contributed by atoms with E-state index in [2.05, 4.69) is 0 Å². The van der Waals surface area contributed by atoms with Crippen molar-refractivity contribution in [2.75, 3.05) is 20.2 Å². The van der Waals surface area contributed by atoms with Crippen LogP contribution < -0.4 is 4.74 Å². The smallest absolute Gasteiger partial charge is 0.311 e. The van der Waals surface area contributed by atoms with E-state index in [1.54, 1.807) is 17.0 Å². The van der Waals surface area contributed by atoms with Gasteiger partial charge in [-0.05, 0) is 25.0 Å². The Labute approximate surface area is 156 Å². The van der Waals surface area contributed by atoms with Gasteiger partial charge in [0, 0.05) is 36.2 Å². The van der Waals surface area contributed by atoms with Gasteiger partial charge in [-0.1, -0.05) is 30.3 Å². The van der Waals surface area contributed by atoms with Crippen molar-refractivity contribution in [3.8, 4) is 5.75 Å². The number of likely N-dealkylation sites (tertiary alicyclic amines) is 1. The normalized spacial score (nSPS) is 14.6. The van der Waals surface area contributed by atoms with E-state index in [0.29, 0.717) is 31.5 Å². The zero-order chi connectivity index (χ0) is 19.4. The summed E-state index contributed by atoms with van der Waals surface area (Å²) in [5, 5.41) is 11.1. The number of benzene rings is 2. The predicted octanol–water partition coefficient (Wildman–Crippen LogP) is 3.34. The van der Waals surface area contributed by atoms with E-state index in [9.17, 15) is 19.7 Å². The van der Waals surface area contributed by atoms with Gasteiger partial charge in [-0.15, -0.1) is 0 Å². The molecule has 0 N–H and O–H groups in total. The van der Waals surface area contributed by atoms with Gasteiger partial charge in [0.25, 0.3) is 5.91 Å². The minimum atomic E-state index is -0.569. The Hall–Kier alpha value is -3.22. The number of nitrogens with zero attached hydrogens (tertiary/aromatic N) is 2. The van der Waals surface area contributed by atoms with Crippen LogP contribution in [0.4, 0.5) is 5.69 Å². The Bertz CT molecular complexity index is 858. The molecule has 140 valence electrons. The third kappa shape index (κ3) is 3.97. The first-order valence-electron chi connectivity index (χ1n) is 8.72. The highest BCUT2D eigenvalue weighted by Crippen LogP contribution is 2.29. The summed E-state index contributed by atoms with van der Waals surface area (Å²) in [4.78, 5) is 37.5. The molecule has 0 radical (unpaired) electrons. The summed E-state index contributed by atoms with van der Waals surface area (Å²) in [6.45, 7) is 0.893. The number of ether oxygens (including phenoxy) is 1. The number of amides is 1. The highest BCUT2D eigenvalue weighted by Gasteiger charge is 2.29. The Morgan fingerprint density at radius 1 is 1.07 bits per heavy atom. The highest BCUT2D eigenvalue weighted by molar-refractivity contribution is 5.98. The van der Waals surface area contributed by atoms with E-state index >= 15 is 0 Å². The Kier molecular flexibility index (Phi) is 5.49. The Morgan fingerprint density at radius 3 is 2.33 bits per heavy atom. The molecule has 1 fully saturated rings. The topological polar surface area (TPSA) is 89.8 Å². The molecule has 0 aromatic heterocycles. The number of carbonyl (C=O) groups is 2. The van der Waals surface area contributed by atoms with Crippen LogP contribution in [-0.2, 0) is 0 Å². The fraction of sp³-hybridized carbons (Fsp3) is 0.300. The molecule has 2 aromatic rings. The number of carbonyl (C=O) groups excluding carboxylic acids is 2. The fourth-order valence-electron chi connectivity index (χ4n) is 3.33. The predicted molar refractivity (Wildman–Crippen MR) is 99.0 cm³/mol. The van der Waals surface area contributed by atoms with Crippen LogP contribution in [0.25, 0.3) is 0 Å². The third-order valence-corrected chi connectivity index (χ3v) is 4.83. The van der Waals surface area contributed by atoms with Crippen molar-refractivity contribution in [3.05, 3.63) is 69.8 Å². The summed E-state index contributed by atoms with van der Waals surface area (Å²) in [7, 11) is 1.35. The Morgan fingerprint density at radius 2 is 1.74 bits per heavy atom. The number of ketones is 1. The van der Waals surface area contributed by atoms with E-state index in [-0.39, 0.29) is 34.6 Å². The minimum Gasteiger partial charge on any atom is -0.490 e. The van der Waals surface area contributed by atoms with Crippen molar-refractivity contribution >= 4 is 17.4 Å². The maximum absolute atomic E-state index is 12.7. The number of rotatable bonds is 5. The molecule has 0 atom stereocenters. The van der Waals surface area contributed by atoms with Crippen LogP contribution in [-0.4, -0.2) is 41.7 Å². The number of methoxy groups -OCH3 is 1. The van der Waals surface area contributed by atoms with Gasteiger partial charge in [-0.2, -0.15) is 0 Å². The molecule has 27 heavy (non-hydrogen) atoms. The minimum absolute atomic E-state index is 0.0998. The van der Waals surface area contributed by atoms with Crippen molar-refractivity contribution in [1.29, 1.82) is 0 Å². The molecule has 0 bridgehead atoms. The molecule has 1 amide bonds. The number of Topliss-reactive ketones (excluding diaryl/α,β-unsaturated/α-hetero) is 1. The van der Waals surface area contributed by atoms with Gasteiger partial charge in [0.1, 0.15) is 0 Å². The molecule has 0 saturated carbocycles. The molecule has 7 heteroatoms. The summed E-state index contributed by atoms with van der Waals surface area (Å²) < 4.78 is 4.97. The van der Waals surface area contributed by atoms with Crippen LogP contribution in [0.15, 0.2) is 48.5 Å². The zero-order valence-corrected chi connectivity index (χ0v) is 15.0. The van der Waals surface area contributed by atoms with Crippen LogP contribution >= 0.6 is 0 Å². The molecule has 7 nitrogen and oxygen atoms in total. The summed E-state index contributed by atoms with van der Waals surface area (Å²) in [6.07, 6.45) is 1.16. The van der Waals surface area contributed by atoms with Crippen LogP contribution in [0.1, 0.15) is 33.6 Å². The fourth-order valence-corrected chi connectivity index (χ4v) is 3.33. The maximum Gasteiger partial charge on any atom is 0.311 e. The largest absolute Gasteiger partial charge is 0.490 e. The third-order valence-electron chi connectivity index (χ3n) is 4.83. The van der Waals surface area contributed by atoms with Gasteiger partial charge in [0.2, 0.25) is 0 Å². The van der Waals surface area contributed by atoms with Crippen molar-refractivity contribution < 1.29 is 19.2 Å². The number of nitro benzene ring substituents is 1. The van der Waals surface area contributed by atoms with Crippen LogP contribution in [0.5, 0.6) is 5.75 Å². The number of piperidine rings is 1. The van der Waals surface area contributed by atoms with Gasteiger partial charge in [-0.25, -0.2) is 0 Å². The SMILES string of the molecule is COc1ccc(C(=O)N2CCC(C(=O)c3ccccc3)CC2)cc1[N+](=O)[O-]. The average molecular weight is 368 g/mol. The van der Waals surface area contributed by atoms with Crippen molar-refractivity contribution in [3.63, 3.8) is 0 Å². The van der Waals surface area contributed by atoms with Crippen molar-refractivity contribution in [1.82, 2.24) is 4.90 Å². The lowest BCUT2D eigenvalue weighted by atomic mass is 9.88. The van der Waals surface area contributed by atoms with Crippen LogP contribution in [0.3, 0.4) is 0 Å². The second-order valence-corrected chi connectivity index (χ2v) is 6.44. The first-order chi connectivity index (χ1) is 13.0. The maximum atomic E-state index is 12.7. The standard InChI is InChI=1S/C20H20N2O5/c1-27-18-8-7-16(13-17(18)22(25)26)20(24)21-11-9-15(10-12-21)19(23)14-5-3-2-4-6-14/h2-8,13,15H,9-12H2,1H3. The van der Waals surface area contributed by atoms with Gasteiger partial charge < -0.3 is 9.64 Å². The van der Waals surface area contributed by atoms with E-state index in [4.69, 9.17) is 4.74 Å². The van der Waals surface area contributed by atoms with E-state index in [1.807, 2.05) is 18.2 Å². The second-order valence-electron chi connectivity index (χ2n) is 6.44. The van der Waals surface area contributed by atoms with Gasteiger partial charge in [0.05, 0.1) is 12.0 Å². The first kappa shape index (κ1) is 18.6. The van der Waals surface area contributed by atoms with E-state index in [1.165, 1.54) is 25.3 Å². The van der Waals surface area contributed by atoms with Gasteiger partial charge >= 0.3 is 5.69 Å². The van der Waals surface area contributed by atoms with E-state index < -0.39 is 4.92 Å². The van der Waals surface area contributed by atoms with Crippen molar-refractivity contribution in [2.24, 2.45) is 5.92 Å². The molecule has 0 spiro atoms. The quantitative estimate of drug-likeness (QED) is 0.459. The van der Waals surface area contributed by atoms with E-state index in [0.717, 1.165) is 0 Å². The number of hydrogen-bond donors (Lipinski definition) is 0. The van der Waals surface area contributed by atoms with Gasteiger partial charge in [-0.3, -0.25) is 19.7 Å². The summed E-state index contributed by atoms with van der Waals surface area (Å²) >= 11 is 0. The molecular weight excluding hydrogens is 348 g/mol. The lowest BCUT2D eigenvalue weighted by Gasteiger charge is -2.31. The molecule has 0 unspecified atom stereocenters. The molecule has 0 aliphatic carbocycles. The molecular formula is C20H20N2O5. The lowest BCUT2D eigenvalue weighted by molar-refractivity contribution is -0.385. The average Bonchev–Trinajstić information content (AvgIpc) is 2.73. The summed E-state index contributed by atoms with van der Waals surface area (Å²) in [6, 6.07) is 13.3. The molecule has 2 aromatic carbocycles. The molecule has 1 saturated heterocycles. The van der Waals surface area contributed by atoms with Gasteiger partial charge in [0.15, 0.2) is 11.5 Å². The lowest BCUT2D eigenvalue weighted by Crippen LogP contribution is -2.40. The molecule has 1 heterocycles. The number of hydrogen-bond acceptors (Lipinski definition) is 5. The van der Waals surface area contributed by atoms with Crippen LogP contribution in [0.2, 0.25) is 0 Å². The molecule has 1 aliphatic rings. The van der Waals surface area contributed by atoms with Crippen molar-refractivity contribution in [2.45, 2.75) is 12.8 Å².